The average molecular weight is 324 g/mol. The molecule has 24 heavy (non-hydrogen) atoms. The molecule has 126 valence electrons. The molecule has 4 heteroatoms. The normalized spacial score (nSPS) is 15.5. The van der Waals surface area contributed by atoms with Crippen molar-refractivity contribution < 1.29 is 9.90 Å². The zero-order valence-electron chi connectivity index (χ0n) is 14.5. The van der Waals surface area contributed by atoms with Gasteiger partial charge < -0.3 is 10.0 Å². The third-order valence-electron chi connectivity index (χ3n) is 4.79. The highest BCUT2D eigenvalue weighted by Crippen LogP contribution is 2.33. The van der Waals surface area contributed by atoms with Gasteiger partial charge in [0.15, 0.2) is 0 Å². The number of aromatic carboxylic acids is 1. The first kappa shape index (κ1) is 16.5. The fraction of sp³-hybridized carbons (Fsp3) is 0.400. The Bertz CT molecular complexity index is 745. The standard InChI is InChI=1S/C20H24N2O2/c1-13-4-6-16(7-5-13)17-12-15(3)21-19(18(17)20(23)24)22-10-8-14(2)9-11-22/h4-7,12,14H,8-11H2,1-3H3,(H,23,24). The zero-order valence-corrected chi connectivity index (χ0v) is 14.5. The lowest BCUT2D eigenvalue weighted by Gasteiger charge is -2.32. The molecule has 1 N–H and O–H groups in total. The molecule has 3 rings (SSSR count). The minimum absolute atomic E-state index is 0.319. The molecule has 0 amide bonds. The number of benzene rings is 1. The summed E-state index contributed by atoms with van der Waals surface area (Å²) in [6, 6.07) is 9.87. The van der Waals surface area contributed by atoms with Crippen LogP contribution in [0.4, 0.5) is 5.82 Å². The summed E-state index contributed by atoms with van der Waals surface area (Å²) in [5, 5.41) is 9.87. The molecule has 0 bridgehead atoms. The number of carbonyl (C=O) groups is 1. The van der Waals surface area contributed by atoms with E-state index in [4.69, 9.17) is 0 Å². The van der Waals surface area contributed by atoms with E-state index in [9.17, 15) is 9.90 Å². The molecule has 0 unspecified atom stereocenters. The summed E-state index contributed by atoms with van der Waals surface area (Å²) in [5.74, 6) is 0.396. The van der Waals surface area contributed by atoms with Crippen LogP contribution in [0.2, 0.25) is 0 Å². The summed E-state index contributed by atoms with van der Waals surface area (Å²) in [7, 11) is 0. The predicted octanol–water partition coefficient (Wildman–Crippen LogP) is 4.30. The van der Waals surface area contributed by atoms with Crippen LogP contribution in [-0.2, 0) is 0 Å². The van der Waals surface area contributed by atoms with E-state index in [1.54, 1.807) is 0 Å². The first-order valence-corrected chi connectivity index (χ1v) is 8.52. The number of rotatable bonds is 3. The fourth-order valence-electron chi connectivity index (χ4n) is 3.28. The van der Waals surface area contributed by atoms with Gasteiger partial charge in [0.1, 0.15) is 11.4 Å². The first-order valence-electron chi connectivity index (χ1n) is 8.52. The van der Waals surface area contributed by atoms with Crippen LogP contribution in [0.15, 0.2) is 30.3 Å². The summed E-state index contributed by atoms with van der Waals surface area (Å²) >= 11 is 0. The number of carboxylic acid groups (broad SMARTS) is 1. The Morgan fingerprint density at radius 1 is 1.17 bits per heavy atom. The summed E-state index contributed by atoms with van der Waals surface area (Å²) in [6.45, 7) is 7.94. The molecule has 1 aromatic carbocycles. The van der Waals surface area contributed by atoms with E-state index in [1.807, 2.05) is 44.2 Å². The Balaban J connectivity index is 2.12. The molecule has 1 saturated heterocycles. The minimum atomic E-state index is -0.910. The Morgan fingerprint density at radius 3 is 2.38 bits per heavy atom. The number of anilines is 1. The topological polar surface area (TPSA) is 53.4 Å². The molecular weight excluding hydrogens is 300 g/mol. The van der Waals surface area contributed by atoms with Crippen LogP contribution >= 0.6 is 0 Å². The smallest absolute Gasteiger partial charge is 0.340 e. The van der Waals surface area contributed by atoms with Crippen molar-refractivity contribution in [1.82, 2.24) is 4.98 Å². The lowest BCUT2D eigenvalue weighted by Crippen LogP contribution is -2.34. The highest BCUT2D eigenvalue weighted by Gasteiger charge is 2.25. The molecule has 1 fully saturated rings. The van der Waals surface area contributed by atoms with E-state index in [0.717, 1.165) is 48.3 Å². The molecule has 4 nitrogen and oxygen atoms in total. The van der Waals surface area contributed by atoms with Crippen molar-refractivity contribution in [3.8, 4) is 11.1 Å². The van der Waals surface area contributed by atoms with Crippen molar-refractivity contribution in [3.05, 3.63) is 47.2 Å². The monoisotopic (exact) mass is 324 g/mol. The van der Waals surface area contributed by atoms with E-state index >= 15 is 0 Å². The number of nitrogens with zero attached hydrogens (tertiary/aromatic N) is 2. The van der Waals surface area contributed by atoms with Crippen LogP contribution in [0.25, 0.3) is 11.1 Å². The number of hydrogen-bond acceptors (Lipinski definition) is 3. The van der Waals surface area contributed by atoms with E-state index in [0.29, 0.717) is 17.3 Å². The van der Waals surface area contributed by atoms with Gasteiger partial charge in [-0.15, -0.1) is 0 Å². The number of aromatic nitrogens is 1. The van der Waals surface area contributed by atoms with Crippen molar-refractivity contribution in [3.63, 3.8) is 0 Å². The van der Waals surface area contributed by atoms with Gasteiger partial charge in [0.2, 0.25) is 0 Å². The van der Waals surface area contributed by atoms with Crippen LogP contribution in [0.1, 0.15) is 41.4 Å². The van der Waals surface area contributed by atoms with Gasteiger partial charge in [-0.2, -0.15) is 0 Å². The highest BCUT2D eigenvalue weighted by atomic mass is 16.4. The SMILES string of the molecule is Cc1ccc(-c2cc(C)nc(N3CCC(C)CC3)c2C(=O)O)cc1. The van der Waals surface area contributed by atoms with Crippen molar-refractivity contribution in [2.24, 2.45) is 5.92 Å². The fourth-order valence-corrected chi connectivity index (χ4v) is 3.28. The molecule has 0 aliphatic carbocycles. The number of aryl methyl sites for hydroxylation is 2. The van der Waals surface area contributed by atoms with Crippen molar-refractivity contribution in [1.29, 1.82) is 0 Å². The predicted molar refractivity (Wildman–Crippen MR) is 96.7 cm³/mol. The quantitative estimate of drug-likeness (QED) is 0.914. The lowest BCUT2D eigenvalue weighted by atomic mass is 9.96. The van der Waals surface area contributed by atoms with Crippen LogP contribution in [0.3, 0.4) is 0 Å². The Labute approximate surface area is 143 Å². The summed E-state index contributed by atoms with van der Waals surface area (Å²) in [5.41, 5.74) is 4.01. The van der Waals surface area contributed by atoms with Gasteiger partial charge >= 0.3 is 5.97 Å². The molecule has 1 aliphatic heterocycles. The van der Waals surface area contributed by atoms with E-state index in [2.05, 4.69) is 16.8 Å². The Kier molecular flexibility index (Phi) is 4.56. The van der Waals surface area contributed by atoms with Gasteiger partial charge in [-0.05, 0) is 44.2 Å². The number of piperidine rings is 1. The molecule has 1 aromatic heterocycles. The van der Waals surface area contributed by atoms with Gasteiger partial charge in [-0.1, -0.05) is 36.8 Å². The molecule has 0 radical (unpaired) electrons. The van der Waals surface area contributed by atoms with E-state index in [1.165, 1.54) is 0 Å². The second kappa shape index (κ2) is 6.63. The van der Waals surface area contributed by atoms with Gasteiger partial charge in [-0.3, -0.25) is 0 Å². The molecule has 0 spiro atoms. The lowest BCUT2D eigenvalue weighted by molar-refractivity contribution is 0.0698. The molecule has 2 heterocycles. The van der Waals surface area contributed by atoms with Gasteiger partial charge in [-0.25, -0.2) is 9.78 Å². The maximum Gasteiger partial charge on any atom is 0.340 e. The van der Waals surface area contributed by atoms with Crippen molar-refractivity contribution in [2.75, 3.05) is 18.0 Å². The van der Waals surface area contributed by atoms with E-state index in [-0.39, 0.29) is 0 Å². The van der Waals surface area contributed by atoms with E-state index < -0.39 is 5.97 Å². The third-order valence-corrected chi connectivity index (χ3v) is 4.79. The summed E-state index contributed by atoms with van der Waals surface area (Å²) < 4.78 is 0. The highest BCUT2D eigenvalue weighted by molar-refractivity contribution is 6.01. The van der Waals surface area contributed by atoms with Gasteiger partial charge in [0.05, 0.1) is 0 Å². The minimum Gasteiger partial charge on any atom is -0.478 e. The second-order valence-corrected chi connectivity index (χ2v) is 6.85. The molecule has 1 aliphatic rings. The van der Waals surface area contributed by atoms with Crippen LogP contribution < -0.4 is 4.90 Å². The number of carboxylic acids is 1. The zero-order chi connectivity index (χ0) is 17.3. The van der Waals surface area contributed by atoms with Crippen LogP contribution in [0.5, 0.6) is 0 Å². The summed E-state index contributed by atoms with van der Waals surface area (Å²) in [6.07, 6.45) is 2.16. The van der Waals surface area contributed by atoms with Crippen LogP contribution in [0, 0.1) is 19.8 Å². The Hall–Kier alpha value is -2.36. The average Bonchev–Trinajstić information content (AvgIpc) is 2.55. The molecule has 0 atom stereocenters. The largest absolute Gasteiger partial charge is 0.478 e. The first-order chi connectivity index (χ1) is 11.5. The maximum atomic E-state index is 12.0. The Morgan fingerprint density at radius 2 is 1.79 bits per heavy atom. The second-order valence-electron chi connectivity index (χ2n) is 6.85. The maximum absolute atomic E-state index is 12.0. The van der Waals surface area contributed by atoms with Crippen molar-refractivity contribution in [2.45, 2.75) is 33.6 Å². The molecule has 2 aromatic rings. The van der Waals surface area contributed by atoms with Crippen LogP contribution in [-0.4, -0.2) is 29.1 Å². The number of pyridine rings is 1. The van der Waals surface area contributed by atoms with Gasteiger partial charge in [0.25, 0.3) is 0 Å². The molecule has 0 saturated carbocycles. The summed E-state index contributed by atoms with van der Waals surface area (Å²) in [4.78, 5) is 18.8. The van der Waals surface area contributed by atoms with Crippen molar-refractivity contribution >= 4 is 11.8 Å². The van der Waals surface area contributed by atoms with Gasteiger partial charge in [0, 0.05) is 24.3 Å². The third kappa shape index (κ3) is 3.28. The number of hydrogen-bond donors (Lipinski definition) is 1. The molecular formula is C20H24N2O2.